The Balaban J connectivity index is 2.38. The maximum absolute atomic E-state index is 11.1. The van der Waals surface area contributed by atoms with Gasteiger partial charge >= 0.3 is 0 Å². The number of nitrogens with two attached hydrogens (primary N) is 1. The Morgan fingerprint density at radius 2 is 2.16 bits per heavy atom. The van der Waals surface area contributed by atoms with Gasteiger partial charge in [-0.2, -0.15) is 0 Å². The number of aromatic nitrogens is 4. The molecule has 9 heteroatoms. The van der Waals surface area contributed by atoms with Crippen LogP contribution in [0.4, 0.5) is 5.82 Å². The largest absolute Gasteiger partial charge is 0.393 e. The zero-order valence-corrected chi connectivity index (χ0v) is 9.71. The number of hydrogen-bond acceptors (Lipinski definition) is 8. The molecular formula is C10H11N5O4. The first kappa shape index (κ1) is 13.1. The highest BCUT2D eigenvalue weighted by molar-refractivity contribution is 5.81. The Kier molecular flexibility index (Phi) is 3.78. The van der Waals surface area contributed by atoms with Gasteiger partial charge in [0.2, 0.25) is 0 Å². The van der Waals surface area contributed by atoms with E-state index in [1.165, 1.54) is 17.2 Å². The van der Waals surface area contributed by atoms with Crippen molar-refractivity contribution in [3.05, 3.63) is 12.7 Å². The molecule has 0 aliphatic carbocycles. The van der Waals surface area contributed by atoms with E-state index in [0.717, 1.165) is 0 Å². The molecule has 2 rings (SSSR count). The first-order valence-corrected chi connectivity index (χ1v) is 5.31. The SMILES string of the molecule is Nc1ncnc2c1ncn2[C@@H](C=O)O[C@H](C=O)CO. The second-order valence-electron chi connectivity index (χ2n) is 3.60. The lowest BCUT2D eigenvalue weighted by atomic mass is 10.4. The third-order valence-corrected chi connectivity index (χ3v) is 2.42. The summed E-state index contributed by atoms with van der Waals surface area (Å²) in [6.45, 7) is -0.530. The van der Waals surface area contributed by atoms with Gasteiger partial charge in [-0.15, -0.1) is 0 Å². The lowest BCUT2D eigenvalue weighted by Gasteiger charge is -2.16. The van der Waals surface area contributed by atoms with E-state index in [1.54, 1.807) is 0 Å². The average molecular weight is 265 g/mol. The van der Waals surface area contributed by atoms with Crippen molar-refractivity contribution in [3.63, 3.8) is 0 Å². The molecule has 0 fully saturated rings. The number of aliphatic hydroxyl groups is 1. The average Bonchev–Trinajstić information content (AvgIpc) is 2.86. The number of nitrogen functional groups attached to an aromatic ring is 1. The van der Waals surface area contributed by atoms with Crippen molar-refractivity contribution in [1.29, 1.82) is 0 Å². The van der Waals surface area contributed by atoms with Crippen molar-refractivity contribution in [1.82, 2.24) is 19.5 Å². The molecule has 19 heavy (non-hydrogen) atoms. The minimum atomic E-state index is -1.14. The number of aliphatic hydroxyl groups excluding tert-OH is 1. The normalized spacial score (nSPS) is 14.2. The van der Waals surface area contributed by atoms with Gasteiger partial charge in [0.25, 0.3) is 0 Å². The Hall–Kier alpha value is -2.39. The minimum Gasteiger partial charge on any atom is -0.393 e. The minimum absolute atomic E-state index is 0.169. The van der Waals surface area contributed by atoms with E-state index in [2.05, 4.69) is 15.0 Å². The van der Waals surface area contributed by atoms with Crippen LogP contribution in [-0.4, -0.2) is 49.9 Å². The van der Waals surface area contributed by atoms with Crippen LogP contribution in [0.1, 0.15) is 6.23 Å². The van der Waals surface area contributed by atoms with Gasteiger partial charge in [0.15, 0.2) is 30.3 Å². The Bertz CT molecular complexity index is 599. The summed E-state index contributed by atoms with van der Waals surface area (Å²) in [4.78, 5) is 33.3. The van der Waals surface area contributed by atoms with Crippen molar-refractivity contribution in [3.8, 4) is 0 Å². The summed E-state index contributed by atoms with van der Waals surface area (Å²) in [7, 11) is 0. The molecule has 0 amide bonds. The van der Waals surface area contributed by atoms with Crippen LogP contribution >= 0.6 is 0 Å². The maximum atomic E-state index is 11.1. The predicted octanol–water partition coefficient (Wildman–Crippen LogP) is -1.32. The second kappa shape index (κ2) is 5.50. The molecule has 0 saturated carbocycles. The van der Waals surface area contributed by atoms with Gasteiger partial charge in [-0.25, -0.2) is 15.0 Å². The van der Waals surface area contributed by atoms with Crippen molar-refractivity contribution in [2.75, 3.05) is 12.3 Å². The number of anilines is 1. The van der Waals surface area contributed by atoms with E-state index in [1.807, 2.05) is 0 Å². The van der Waals surface area contributed by atoms with Gasteiger partial charge in [-0.1, -0.05) is 0 Å². The number of aldehydes is 2. The molecule has 2 aromatic heterocycles. The molecule has 3 N–H and O–H groups in total. The number of ether oxygens (including phenoxy) is 1. The van der Waals surface area contributed by atoms with E-state index < -0.39 is 18.9 Å². The van der Waals surface area contributed by atoms with Crippen molar-refractivity contribution in [2.45, 2.75) is 12.3 Å². The summed E-state index contributed by atoms with van der Waals surface area (Å²) in [6, 6.07) is 0. The summed E-state index contributed by atoms with van der Waals surface area (Å²) in [5.41, 5.74) is 6.23. The van der Waals surface area contributed by atoms with Crippen molar-refractivity contribution in [2.24, 2.45) is 0 Å². The van der Waals surface area contributed by atoms with Gasteiger partial charge < -0.3 is 20.4 Å². The summed E-state index contributed by atoms with van der Waals surface area (Å²) in [6.07, 6.45) is 1.15. The Morgan fingerprint density at radius 1 is 1.37 bits per heavy atom. The highest BCUT2D eigenvalue weighted by Crippen LogP contribution is 2.19. The van der Waals surface area contributed by atoms with Crippen LogP contribution in [0.5, 0.6) is 0 Å². The van der Waals surface area contributed by atoms with Crippen LogP contribution in [0.3, 0.4) is 0 Å². The second-order valence-corrected chi connectivity index (χ2v) is 3.60. The van der Waals surface area contributed by atoms with Crippen LogP contribution < -0.4 is 5.73 Å². The zero-order chi connectivity index (χ0) is 13.8. The number of nitrogens with zero attached hydrogens (tertiary/aromatic N) is 4. The number of rotatable bonds is 6. The van der Waals surface area contributed by atoms with E-state index in [0.29, 0.717) is 23.7 Å². The first-order valence-electron chi connectivity index (χ1n) is 5.31. The zero-order valence-electron chi connectivity index (χ0n) is 9.71. The smallest absolute Gasteiger partial charge is 0.193 e. The molecule has 0 aromatic carbocycles. The molecule has 2 atom stereocenters. The summed E-state index contributed by atoms with van der Waals surface area (Å²) >= 11 is 0. The lowest BCUT2D eigenvalue weighted by molar-refractivity contribution is -0.139. The molecule has 0 radical (unpaired) electrons. The quantitative estimate of drug-likeness (QED) is 0.614. The third-order valence-electron chi connectivity index (χ3n) is 2.42. The van der Waals surface area contributed by atoms with Crippen molar-refractivity contribution >= 4 is 29.6 Å². The summed E-state index contributed by atoms with van der Waals surface area (Å²) in [5.74, 6) is 0.169. The number of carbonyl (C=O) groups is 2. The van der Waals surface area contributed by atoms with Crippen molar-refractivity contribution < 1.29 is 19.4 Å². The third kappa shape index (κ3) is 2.41. The Labute approximate surface area is 107 Å². The molecule has 0 bridgehead atoms. The monoisotopic (exact) mass is 265 g/mol. The fourth-order valence-corrected chi connectivity index (χ4v) is 1.52. The summed E-state index contributed by atoms with van der Waals surface area (Å²) in [5, 5.41) is 8.88. The van der Waals surface area contributed by atoms with Crippen LogP contribution in [0.15, 0.2) is 12.7 Å². The molecule has 9 nitrogen and oxygen atoms in total. The predicted molar refractivity (Wildman–Crippen MR) is 62.9 cm³/mol. The first-order chi connectivity index (χ1) is 9.21. The molecule has 0 saturated heterocycles. The molecule has 0 unspecified atom stereocenters. The van der Waals surface area contributed by atoms with Gasteiger partial charge in [-0.3, -0.25) is 9.36 Å². The fraction of sp³-hybridized carbons (Fsp3) is 0.300. The Morgan fingerprint density at radius 3 is 2.79 bits per heavy atom. The molecule has 0 spiro atoms. The topological polar surface area (TPSA) is 133 Å². The van der Waals surface area contributed by atoms with Gasteiger partial charge in [-0.05, 0) is 0 Å². The lowest BCUT2D eigenvalue weighted by Crippen LogP contribution is -2.26. The molecular weight excluding hydrogens is 254 g/mol. The molecule has 0 aliphatic rings. The molecule has 2 heterocycles. The van der Waals surface area contributed by atoms with E-state index in [9.17, 15) is 9.59 Å². The van der Waals surface area contributed by atoms with Gasteiger partial charge in [0.05, 0.1) is 12.9 Å². The summed E-state index contributed by atoms with van der Waals surface area (Å²) < 4.78 is 6.42. The van der Waals surface area contributed by atoms with Crippen LogP contribution in [0.2, 0.25) is 0 Å². The highest BCUT2D eigenvalue weighted by Gasteiger charge is 2.20. The molecule has 100 valence electrons. The highest BCUT2D eigenvalue weighted by atomic mass is 16.5. The standard InChI is InChI=1S/C10H11N5O4/c11-9-8-10(13-4-12-9)15(5-14-8)7(3-18)19-6(1-16)2-17/h1,3-7,17H,2H2,(H2,11,12,13)/t6-,7-/m1/s1. The van der Waals surface area contributed by atoms with Crippen LogP contribution in [0, 0.1) is 0 Å². The number of imidazole rings is 1. The number of fused-ring (bicyclic) bond motifs is 1. The maximum Gasteiger partial charge on any atom is 0.193 e. The fourth-order valence-electron chi connectivity index (χ4n) is 1.52. The molecule has 2 aromatic rings. The van der Waals surface area contributed by atoms with E-state index in [-0.39, 0.29) is 5.82 Å². The van der Waals surface area contributed by atoms with Crippen LogP contribution in [-0.2, 0) is 14.3 Å². The number of carbonyl (C=O) groups excluding carboxylic acids is 2. The molecule has 0 aliphatic heterocycles. The van der Waals surface area contributed by atoms with E-state index >= 15 is 0 Å². The number of hydrogen-bond donors (Lipinski definition) is 2. The van der Waals surface area contributed by atoms with Crippen LogP contribution in [0.25, 0.3) is 11.2 Å². The van der Waals surface area contributed by atoms with Gasteiger partial charge in [0, 0.05) is 0 Å². The van der Waals surface area contributed by atoms with Gasteiger partial charge in [0.1, 0.15) is 17.9 Å². The van der Waals surface area contributed by atoms with E-state index in [4.69, 9.17) is 15.6 Å².